The third kappa shape index (κ3) is 1.30. The molecule has 1 heterocycles. The number of hydrogen-bond acceptors (Lipinski definition) is 5. The molecule has 2 aromatic rings. The summed E-state index contributed by atoms with van der Waals surface area (Å²) in [5.74, 6) is 0.849. The number of ether oxygens (including phenoxy) is 3. The average Bonchev–Trinajstić information content (AvgIpc) is 2.66. The van der Waals surface area contributed by atoms with Crippen LogP contribution in [-0.2, 0) is 0 Å². The molecule has 0 bridgehead atoms. The molecule has 86 valence electrons. The first kappa shape index (κ1) is 10.4. The van der Waals surface area contributed by atoms with E-state index in [2.05, 4.69) is 0 Å². The van der Waals surface area contributed by atoms with Crippen LogP contribution in [0.3, 0.4) is 0 Å². The van der Waals surface area contributed by atoms with E-state index in [4.69, 9.17) is 18.6 Å². The molecule has 0 saturated heterocycles. The van der Waals surface area contributed by atoms with Crippen LogP contribution >= 0.6 is 0 Å². The van der Waals surface area contributed by atoms with Crippen LogP contribution in [0.5, 0.6) is 17.6 Å². The number of fused-ring (bicyclic) bond motifs is 1. The quantitative estimate of drug-likeness (QED) is 0.577. The fourth-order valence-electron chi connectivity index (χ4n) is 1.50. The Hall–Kier alpha value is -2.11. The molecule has 0 unspecified atom stereocenters. The van der Waals surface area contributed by atoms with E-state index in [9.17, 15) is 5.21 Å². The van der Waals surface area contributed by atoms with Gasteiger partial charge in [-0.3, -0.25) is 0 Å². The topological polar surface area (TPSA) is 67.8 Å². The first-order valence-corrected chi connectivity index (χ1v) is 4.54. The molecule has 0 saturated carbocycles. The van der Waals surface area contributed by atoms with Gasteiger partial charge in [0.05, 0.1) is 21.3 Å². The zero-order valence-electron chi connectivity index (χ0n) is 9.14. The SMILES string of the molecule is COc1ccc(OC)c2c1oc(OC)[n+]2[O-]. The van der Waals surface area contributed by atoms with Crippen molar-refractivity contribution in [1.82, 2.24) is 0 Å². The Bertz CT molecular complexity index is 519. The van der Waals surface area contributed by atoms with Crippen molar-refractivity contribution in [2.75, 3.05) is 21.3 Å². The van der Waals surface area contributed by atoms with Crippen LogP contribution in [0.2, 0.25) is 0 Å². The van der Waals surface area contributed by atoms with Crippen LogP contribution in [0.1, 0.15) is 0 Å². The minimum absolute atomic E-state index is 0.155. The minimum Gasteiger partial charge on any atom is -0.613 e. The van der Waals surface area contributed by atoms with Gasteiger partial charge in [-0.05, 0) is 12.1 Å². The van der Waals surface area contributed by atoms with Gasteiger partial charge in [0, 0.05) is 0 Å². The van der Waals surface area contributed by atoms with Gasteiger partial charge in [0.2, 0.25) is 0 Å². The maximum Gasteiger partial charge on any atom is 0.573 e. The molecular weight excluding hydrogens is 214 g/mol. The molecule has 0 fully saturated rings. The van der Waals surface area contributed by atoms with Crippen LogP contribution in [-0.4, -0.2) is 21.3 Å². The van der Waals surface area contributed by atoms with Crippen molar-refractivity contribution in [3.63, 3.8) is 0 Å². The van der Waals surface area contributed by atoms with Gasteiger partial charge in [-0.1, -0.05) is 4.73 Å². The smallest absolute Gasteiger partial charge is 0.573 e. The maximum absolute atomic E-state index is 11.8. The number of methoxy groups -OCH3 is 3. The fraction of sp³-hybridized carbons (Fsp3) is 0.300. The molecule has 0 atom stereocenters. The van der Waals surface area contributed by atoms with Gasteiger partial charge in [-0.2, -0.15) is 0 Å². The Kier molecular flexibility index (Phi) is 2.47. The number of nitrogens with zero attached hydrogens (tertiary/aromatic N) is 1. The third-order valence-corrected chi connectivity index (χ3v) is 2.23. The Labute approximate surface area is 91.5 Å². The second-order valence-corrected chi connectivity index (χ2v) is 3.01. The Morgan fingerprint density at radius 2 is 1.69 bits per heavy atom. The highest BCUT2D eigenvalue weighted by molar-refractivity contribution is 5.82. The summed E-state index contributed by atoms with van der Waals surface area (Å²) >= 11 is 0. The zero-order chi connectivity index (χ0) is 11.7. The van der Waals surface area contributed by atoms with Gasteiger partial charge in [0.1, 0.15) is 0 Å². The van der Waals surface area contributed by atoms with Gasteiger partial charge in [0.15, 0.2) is 11.5 Å². The molecule has 0 N–H and O–H groups in total. The highest BCUT2D eigenvalue weighted by atomic mass is 16.6. The average molecular weight is 225 g/mol. The van der Waals surface area contributed by atoms with E-state index in [0.717, 1.165) is 0 Å². The number of oxazole rings is 1. The maximum atomic E-state index is 11.8. The summed E-state index contributed by atoms with van der Waals surface area (Å²) in [6, 6.07) is 3.29. The molecule has 0 radical (unpaired) electrons. The molecule has 0 amide bonds. The van der Waals surface area contributed by atoms with Gasteiger partial charge in [-0.15, -0.1) is 0 Å². The summed E-state index contributed by atoms with van der Waals surface area (Å²) in [4.78, 5) is 0. The molecule has 0 spiro atoms. The lowest BCUT2D eigenvalue weighted by Crippen LogP contribution is -2.26. The summed E-state index contributed by atoms with van der Waals surface area (Å²) in [7, 11) is 4.32. The second-order valence-electron chi connectivity index (χ2n) is 3.01. The molecule has 1 aromatic heterocycles. The van der Waals surface area contributed by atoms with Gasteiger partial charge in [-0.25, -0.2) is 0 Å². The van der Waals surface area contributed by atoms with Gasteiger partial charge in [0.25, 0.3) is 5.58 Å². The van der Waals surface area contributed by atoms with E-state index in [1.807, 2.05) is 0 Å². The standard InChI is InChI=1S/C10H11NO5/c1-13-6-4-5-7(14-2)9-8(6)11(12)10(15-3)16-9/h4-5H,1-3H3. The monoisotopic (exact) mass is 225 g/mol. The van der Waals surface area contributed by atoms with Crippen molar-refractivity contribution >= 4 is 11.1 Å². The van der Waals surface area contributed by atoms with Crippen molar-refractivity contribution < 1.29 is 23.4 Å². The molecule has 0 aliphatic carbocycles. The molecule has 16 heavy (non-hydrogen) atoms. The molecule has 6 nitrogen and oxygen atoms in total. The summed E-state index contributed by atoms with van der Waals surface area (Å²) in [6.07, 6.45) is -0.155. The number of rotatable bonds is 3. The fourth-order valence-corrected chi connectivity index (χ4v) is 1.50. The normalized spacial score (nSPS) is 10.4. The first-order chi connectivity index (χ1) is 7.72. The van der Waals surface area contributed by atoms with Crippen molar-refractivity contribution in [1.29, 1.82) is 0 Å². The van der Waals surface area contributed by atoms with Crippen LogP contribution in [0.15, 0.2) is 16.5 Å². The molecule has 0 aliphatic rings. The van der Waals surface area contributed by atoms with Crippen LogP contribution in [0.25, 0.3) is 11.1 Å². The lowest BCUT2D eigenvalue weighted by molar-refractivity contribution is -0.591. The number of aromatic nitrogens is 1. The zero-order valence-corrected chi connectivity index (χ0v) is 9.14. The van der Waals surface area contributed by atoms with Crippen LogP contribution in [0, 0.1) is 5.21 Å². The Morgan fingerprint density at radius 3 is 2.25 bits per heavy atom. The number of benzene rings is 1. The highest BCUT2D eigenvalue weighted by Crippen LogP contribution is 2.33. The predicted molar refractivity (Wildman–Crippen MR) is 54.8 cm³/mol. The van der Waals surface area contributed by atoms with Crippen molar-refractivity contribution in [2.45, 2.75) is 0 Å². The van der Waals surface area contributed by atoms with E-state index >= 15 is 0 Å². The van der Waals surface area contributed by atoms with Crippen LogP contribution < -0.4 is 18.9 Å². The van der Waals surface area contributed by atoms with E-state index in [-0.39, 0.29) is 11.6 Å². The first-order valence-electron chi connectivity index (χ1n) is 4.54. The van der Waals surface area contributed by atoms with Crippen molar-refractivity contribution in [3.8, 4) is 17.6 Å². The molecule has 1 aromatic carbocycles. The summed E-state index contributed by atoms with van der Waals surface area (Å²) in [5, 5.41) is 11.8. The van der Waals surface area contributed by atoms with E-state index in [1.54, 1.807) is 12.1 Å². The Morgan fingerprint density at radius 1 is 1.06 bits per heavy atom. The van der Waals surface area contributed by atoms with Gasteiger partial charge >= 0.3 is 11.6 Å². The third-order valence-electron chi connectivity index (χ3n) is 2.23. The summed E-state index contributed by atoms with van der Waals surface area (Å²) < 4.78 is 20.7. The second kappa shape index (κ2) is 3.80. The van der Waals surface area contributed by atoms with Gasteiger partial charge < -0.3 is 23.8 Å². The molecule has 0 aliphatic heterocycles. The van der Waals surface area contributed by atoms with E-state index in [1.165, 1.54) is 21.3 Å². The molecule has 2 rings (SSSR count). The largest absolute Gasteiger partial charge is 0.613 e. The lowest BCUT2D eigenvalue weighted by atomic mass is 10.3. The number of hydrogen-bond donors (Lipinski definition) is 0. The van der Waals surface area contributed by atoms with Crippen LogP contribution in [0.4, 0.5) is 0 Å². The Balaban J connectivity index is 2.82. The molecular formula is C10H11NO5. The van der Waals surface area contributed by atoms with E-state index in [0.29, 0.717) is 21.8 Å². The van der Waals surface area contributed by atoms with Crippen molar-refractivity contribution in [2.24, 2.45) is 0 Å². The summed E-state index contributed by atoms with van der Waals surface area (Å²) in [5.41, 5.74) is 0.549. The molecule has 6 heteroatoms. The lowest BCUT2D eigenvalue weighted by Gasteiger charge is -2.01. The minimum atomic E-state index is -0.155. The predicted octanol–water partition coefficient (Wildman–Crippen LogP) is 1.09. The summed E-state index contributed by atoms with van der Waals surface area (Å²) in [6.45, 7) is 0. The van der Waals surface area contributed by atoms with Crippen molar-refractivity contribution in [3.05, 3.63) is 17.3 Å². The highest BCUT2D eigenvalue weighted by Gasteiger charge is 2.26. The van der Waals surface area contributed by atoms with E-state index < -0.39 is 0 Å².